The first kappa shape index (κ1) is 19.5. The summed E-state index contributed by atoms with van der Waals surface area (Å²) in [6.07, 6.45) is 0. The number of amides is 2. The van der Waals surface area contributed by atoms with E-state index in [9.17, 15) is 14.0 Å². The molecule has 0 unspecified atom stereocenters. The van der Waals surface area contributed by atoms with Gasteiger partial charge >= 0.3 is 11.8 Å². The van der Waals surface area contributed by atoms with Gasteiger partial charge in [-0.05, 0) is 50.0 Å². The minimum atomic E-state index is -0.842. The maximum Gasteiger partial charge on any atom is 0.446 e. The molecular formula is C18H12BrFN6O4. The normalized spacial score (nSPS) is 10.7. The predicted molar refractivity (Wildman–Crippen MR) is 105 cm³/mol. The van der Waals surface area contributed by atoms with Crippen molar-refractivity contribution in [2.75, 3.05) is 5.32 Å². The molecule has 152 valence electrons. The number of nitrogens with zero attached hydrogens (tertiary/aromatic N) is 4. The van der Waals surface area contributed by atoms with E-state index in [0.29, 0.717) is 0 Å². The summed E-state index contributed by atoms with van der Waals surface area (Å²) in [4.78, 5) is 24.4. The molecule has 10 nitrogen and oxygen atoms in total. The highest BCUT2D eigenvalue weighted by Crippen LogP contribution is 2.26. The maximum absolute atomic E-state index is 13.6. The zero-order chi connectivity index (χ0) is 21.1. The minimum Gasteiger partial charge on any atom is -0.334 e. The van der Waals surface area contributed by atoms with Gasteiger partial charge in [0, 0.05) is 6.54 Å². The van der Waals surface area contributed by atoms with Gasteiger partial charge in [0.25, 0.3) is 0 Å². The number of aromatic nitrogens is 4. The van der Waals surface area contributed by atoms with E-state index in [2.05, 4.69) is 42.0 Å². The van der Waals surface area contributed by atoms with Gasteiger partial charge in [-0.2, -0.15) is 0 Å². The van der Waals surface area contributed by atoms with E-state index in [1.165, 1.54) is 18.2 Å². The molecule has 4 rings (SSSR count). The van der Waals surface area contributed by atoms with E-state index in [0.717, 1.165) is 10.1 Å². The number of halogens is 2. The Bertz CT molecular complexity index is 1250. The molecule has 0 saturated carbocycles. The van der Waals surface area contributed by atoms with Crippen LogP contribution in [0.2, 0.25) is 0 Å². The van der Waals surface area contributed by atoms with Gasteiger partial charge in [0.2, 0.25) is 11.6 Å². The van der Waals surface area contributed by atoms with Crippen LogP contribution in [-0.2, 0) is 6.54 Å². The fraction of sp³-hybridized carbons (Fsp3) is 0.0556. The molecule has 12 heteroatoms. The molecule has 4 aromatic rings. The second-order valence-corrected chi connectivity index (χ2v) is 6.81. The summed E-state index contributed by atoms with van der Waals surface area (Å²) in [6, 6.07) is 12.6. The van der Waals surface area contributed by atoms with Crippen molar-refractivity contribution in [2.45, 2.75) is 6.54 Å². The highest BCUT2D eigenvalue weighted by molar-refractivity contribution is 9.10. The van der Waals surface area contributed by atoms with Gasteiger partial charge in [-0.3, -0.25) is 9.84 Å². The maximum atomic E-state index is 13.6. The van der Waals surface area contributed by atoms with E-state index >= 15 is 0 Å². The third-order valence-corrected chi connectivity index (χ3v) is 4.60. The average molecular weight is 475 g/mol. The topological polar surface area (TPSA) is 128 Å². The first-order chi connectivity index (χ1) is 14.5. The Labute approximate surface area is 175 Å². The van der Waals surface area contributed by atoms with Crippen LogP contribution in [0.4, 0.5) is 15.0 Å². The van der Waals surface area contributed by atoms with Crippen molar-refractivity contribution in [3.05, 3.63) is 74.9 Å². The molecule has 0 aliphatic rings. The molecule has 0 fully saturated rings. The number of hydrogen-bond acceptors (Lipinski definition) is 7. The zero-order valence-corrected chi connectivity index (χ0v) is 16.6. The zero-order valence-electron chi connectivity index (χ0n) is 15.0. The number of nitrogens with one attached hydrogen (secondary N) is 2. The summed E-state index contributed by atoms with van der Waals surface area (Å²) in [7, 11) is 0. The largest absolute Gasteiger partial charge is 0.446 e. The van der Waals surface area contributed by atoms with Crippen molar-refractivity contribution in [1.82, 2.24) is 25.4 Å². The molecular weight excluding hydrogens is 463 g/mol. The van der Waals surface area contributed by atoms with Gasteiger partial charge in [0.05, 0.1) is 10.2 Å². The lowest BCUT2D eigenvalue weighted by Crippen LogP contribution is -2.28. The lowest BCUT2D eigenvalue weighted by atomic mass is 10.2. The fourth-order valence-corrected chi connectivity index (χ4v) is 2.97. The summed E-state index contributed by atoms with van der Waals surface area (Å²) in [5.74, 6) is -1.52. The highest BCUT2D eigenvalue weighted by atomic mass is 79.9. The predicted octanol–water partition coefficient (Wildman–Crippen LogP) is 3.10. The summed E-state index contributed by atoms with van der Waals surface area (Å²) >= 11 is 3.06. The number of urea groups is 1. The van der Waals surface area contributed by atoms with Gasteiger partial charge < -0.3 is 5.32 Å². The molecule has 0 atom stereocenters. The molecule has 2 aromatic carbocycles. The van der Waals surface area contributed by atoms with Crippen molar-refractivity contribution in [2.24, 2.45) is 0 Å². The minimum absolute atomic E-state index is 0.0452. The molecule has 2 N–H and O–H groups in total. The third kappa shape index (κ3) is 3.98. The Balaban J connectivity index is 1.58. The average Bonchev–Trinajstić information content (AvgIpc) is 3.35. The third-order valence-electron chi connectivity index (χ3n) is 3.99. The highest BCUT2D eigenvalue weighted by Gasteiger charge is 2.24. The Morgan fingerprint density at radius 3 is 2.70 bits per heavy atom. The smallest absolute Gasteiger partial charge is 0.334 e. The molecule has 2 aromatic heterocycles. The van der Waals surface area contributed by atoms with Crippen molar-refractivity contribution in [3.8, 4) is 17.2 Å². The second kappa shape index (κ2) is 8.29. The van der Waals surface area contributed by atoms with E-state index in [4.69, 9.17) is 9.15 Å². The van der Waals surface area contributed by atoms with E-state index in [1.54, 1.807) is 0 Å². The van der Waals surface area contributed by atoms with Crippen LogP contribution in [-0.4, -0.2) is 26.1 Å². The Morgan fingerprint density at radius 2 is 1.93 bits per heavy atom. The summed E-state index contributed by atoms with van der Waals surface area (Å²) in [5.41, 5.74) is 1.11. The van der Waals surface area contributed by atoms with Crippen molar-refractivity contribution < 1.29 is 18.3 Å². The Kier molecular flexibility index (Phi) is 5.39. The summed E-state index contributed by atoms with van der Waals surface area (Å²) in [6.45, 7) is 0.283. The summed E-state index contributed by atoms with van der Waals surface area (Å²) in [5, 5.41) is 16.2. The van der Waals surface area contributed by atoms with E-state index in [1.807, 2.05) is 30.3 Å². The molecule has 2 heterocycles. The van der Waals surface area contributed by atoms with Gasteiger partial charge in [0.1, 0.15) is 5.82 Å². The molecule has 0 aliphatic heterocycles. The quantitative estimate of drug-likeness (QED) is 0.454. The van der Waals surface area contributed by atoms with Crippen LogP contribution in [0.3, 0.4) is 0 Å². The Morgan fingerprint density at radius 1 is 1.13 bits per heavy atom. The summed E-state index contributed by atoms with van der Waals surface area (Å²) < 4.78 is 24.1. The molecule has 0 spiro atoms. The lowest BCUT2D eigenvalue weighted by Gasteiger charge is -2.07. The Hall–Kier alpha value is -3.80. The number of carbonyl (C=O) groups excluding carboxylic acids is 1. The van der Waals surface area contributed by atoms with Crippen LogP contribution in [0, 0.1) is 5.82 Å². The molecule has 30 heavy (non-hydrogen) atoms. The first-order valence-electron chi connectivity index (χ1n) is 8.49. The number of benzene rings is 2. The van der Waals surface area contributed by atoms with Crippen LogP contribution in [0.25, 0.3) is 17.2 Å². The monoisotopic (exact) mass is 474 g/mol. The number of hydrogen-bond donors (Lipinski definition) is 2. The van der Waals surface area contributed by atoms with Gasteiger partial charge in [-0.15, -0.1) is 0 Å². The SMILES string of the molecule is O=C(NCc1ccccc1)Nc1nonc1-c1noc(=O)n1-c1ccc(F)c(Br)c1. The molecule has 0 saturated heterocycles. The van der Waals surface area contributed by atoms with Crippen LogP contribution < -0.4 is 16.4 Å². The number of anilines is 1. The fourth-order valence-electron chi connectivity index (χ4n) is 2.60. The molecule has 0 radical (unpaired) electrons. The first-order valence-corrected chi connectivity index (χ1v) is 9.28. The van der Waals surface area contributed by atoms with Gasteiger partial charge in [-0.1, -0.05) is 35.5 Å². The number of carbonyl (C=O) groups is 1. The van der Waals surface area contributed by atoms with E-state index < -0.39 is 17.6 Å². The van der Waals surface area contributed by atoms with Crippen molar-refractivity contribution in [1.29, 1.82) is 0 Å². The number of rotatable bonds is 5. The second-order valence-electron chi connectivity index (χ2n) is 5.96. The molecule has 2 amide bonds. The standard InChI is InChI=1S/C18H12BrFN6O4/c19-12-8-11(6-7-13(12)20)26-16(25-29-18(26)28)14-15(24-30-23-14)22-17(27)21-9-10-4-2-1-3-5-10/h1-8H,9H2,(H2,21,22,24,27). The van der Waals surface area contributed by atoms with Crippen LogP contribution in [0.15, 0.2) is 67.0 Å². The van der Waals surface area contributed by atoms with Crippen molar-refractivity contribution >= 4 is 27.8 Å². The van der Waals surface area contributed by atoms with Crippen molar-refractivity contribution in [3.63, 3.8) is 0 Å². The van der Waals surface area contributed by atoms with Crippen LogP contribution >= 0.6 is 15.9 Å². The van der Waals surface area contributed by atoms with Gasteiger partial charge in [-0.25, -0.2) is 23.2 Å². The lowest BCUT2D eigenvalue weighted by molar-refractivity contribution is 0.251. The van der Waals surface area contributed by atoms with E-state index in [-0.39, 0.29) is 34.0 Å². The van der Waals surface area contributed by atoms with Crippen LogP contribution in [0.5, 0.6) is 0 Å². The van der Waals surface area contributed by atoms with Crippen LogP contribution in [0.1, 0.15) is 5.56 Å². The molecule has 0 bridgehead atoms. The van der Waals surface area contributed by atoms with Gasteiger partial charge in [0.15, 0.2) is 5.69 Å². The molecule has 0 aliphatic carbocycles.